The van der Waals surface area contributed by atoms with Crippen LogP contribution in [0, 0.1) is 6.92 Å². The van der Waals surface area contributed by atoms with Gasteiger partial charge in [0.25, 0.3) is 0 Å². The Labute approximate surface area is 197 Å². The van der Waals surface area contributed by atoms with Crippen LogP contribution < -0.4 is 9.64 Å². The van der Waals surface area contributed by atoms with Gasteiger partial charge < -0.3 is 14.5 Å². The number of halogens is 3. The molecular formula is C25H29F3N4O2. The number of rotatable bonds is 7. The van der Waals surface area contributed by atoms with E-state index < -0.39 is 6.36 Å². The van der Waals surface area contributed by atoms with Gasteiger partial charge in [0.2, 0.25) is 5.91 Å². The molecule has 0 aliphatic carbocycles. The van der Waals surface area contributed by atoms with Crippen molar-refractivity contribution in [2.75, 3.05) is 25.0 Å². The molecule has 34 heavy (non-hydrogen) atoms. The minimum absolute atomic E-state index is 0.0560. The number of benzene rings is 1. The third-order valence-corrected chi connectivity index (χ3v) is 5.84. The number of likely N-dealkylation sites (tertiary alicyclic amines) is 1. The summed E-state index contributed by atoms with van der Waals surface area (Å²) in [5.74, 6) is 0.821. The molecule has 6 nitrogen and oxygen atoms in total. The van der Waals surface area contributed by atoms with Crippen molar-refractivity contribution in [2.24, 2.45) is 0 Å². The Balaban J connectivity index is 2.04. The normalized spacial score (nSPS) is 16.5. The van der Waals surface area contributed by atoms with E-state index in [2.05, 4.69) is 18.2 Å². The minimum atomic E-state index is -4.75. The predicted octanol–water partition coefficient (Wildman–Crippen LogP) is 5.60. The SMILES string of the molecule is C=CC(=O)N1CCC(c2nc(-c3ccc(OC(F)(F)F)cc3)c(C)c(N(C)/C=C(\C)CC)n2)C1. The fourth-order valence-electron chi connectivity index (χ4n) is 3.93. The number of nitrogens with zero attached hydrogens (tertiary/aromatic N) is 4. The van der Waals surface area contributed by atoms with E-state index >= 15 is 0 Å². The highest BCUT2D eigenvalue weighted by molar-refractivity contribution is 5.87. The van der Waals surface area contributed by atoms with Gasteiger partial charge in [0.1, 0.15) is 17.4 Å². The van der Waals surface area contributed by atoms with Crippen LogP contribution in [0.5, 0.6) is 5.75 Å². The van der Waals surface area contributed by atoms with Crippen LogP contribution in [-0.2, 0) is 4.79 Å². The molecule has 0 N–H and O–H groups in total. The number of amides is 1. The molecule has 0 spiro atoms. The van der Waals surface area contributed by atoms with Gasteiger partial charge in [0.05, 0.1) is 5.69 Å². The highest BCUT2D eigenvalue weighted by atomic mass is 19.4. The lowest BCUT2D eigenvalue weighted by molar-refractivity contribution is -0.274. The first-order chi connectivity index (χ1) is 16.0. The van der Waals surface area contributed by atoms with E-state index in [-0.39, 0.29) is 17.6 Å². The Hall–Kier alpha value is -3.36. The maximum absolute atomic E-state index is 12.6. The van der Waals surface area contributed by atoms with Crippen molar-refractivity contribution < 1.29 is 22.7 Å². The van der Waals surface area contributed by atoms with E-state index in [0.717, 1.165) is 12.0 Å². The summed E-state index contributed by atoms with van der Waals surface area (Å²) in [5, 5.41) is 0. The standard InChI is InChI=1S/C25H29F3N4O2/c1-6-16(3)14-31(5)24-17(4)22(18-8-10-20(11-9-18)34-25(26,27)28)29-23(30-24)19-12-13-32(15-19)21(33)7-2/h7-11,14,19H,2,6,12-13,15H2,1,3-5H3/b16-14+. The Morgan fingerprint density at radius 2 is 1.97 bits per heavy atom. The van der Waals surface area contributed by atoms with E-state index in [1.807, 2.05) is 32.0 Å². The van der Waals surface area contributed by atoms with Gasteiger partial charge in [-0.1, -0.05) is 19.1 Å². The largest absolute Gasteiger partial charge is 0.573 e. The van der Waals surface area contributed by atoms with Crippen LogP contribution in [0.3, 0.4) is 0 Å². The first-order valence-corrected chi connectivity index (χ1v) is 11.1. The average Bonchev–Trinajstić information content (AvgIpc) is 3.28. The number of allylic oxidation sites excluding steroid dienone is 1. The lowest BCUT2D eigenvalue weighted by atomic mass is 10.0. The number of ether oxygens (including phenoxy) is 1. The van der Waals surface area contributed by atoms with Crippen LogP contribution >= 0.6 is 0 Å². The van der Waals surface area contributed by atoms with Gasteiger partial charge in [-0.15, -0.1) is 13.2 Å². The summed E-state index contributed by atoms with van der Waals surface area (Å²) in [4.78, 5) is 25.4. The van der Waals surface area contributed by atoms with Crippen LogP contribution in [0.2, 0.25) is 0 Å². The monoisotopic (exact) mass is 474 g/mol. The molecule has 2 heterocycles. The number of alkyl halides is 3. The van der Waals surface area contributed by atoms with E-state index in [1.54, 1.807) is 17.0 Å². The smallest absolute Gasteiger partial charge is 0.406 e. The van der Waals surface area contributed by atoms with Crippen LogP contribution in [0.25, 0.3) is 11.3 Å². The highest BCUT2D eigenvalue weighted by Gasteiger charge is 2.32. The third kappa shape index (κ3) is 5.95. The molecule has 182 valence electrons. The number of anilines is 1. The van der Waals surface area contributed by atoms with Crippen molar-refractivity contribution in [3.05, 3.63) is 60.1 Å². The molecule has 3 rings (SSSR count). The zero-order valence-electron chi connectivity index (χ0n) is 19.8. The summed E-state index contributed by atoms with van der Waals surface area (Å²) in [6.45, 7) is 10.6. The van der Waals surface area contributed by atoms with Crippen molar-refractivity contribution in [3.63, 3.8) is 0 Å². The molecule has 1 amide bonds. The molecule has 2 aromatic rings. The van der Waals surface area contributed by atoms with E-state index in [0.29, 0.717) is 42.4 Å². The number of hydrogen-bond donors (Lipinski definition) is 0. The van der Waals surface area contributed by atoms with E-state index in [9.17, 15) is 18.0 Å². The van der Waals surface area contributed by atoms with Crippen molar-refractivity contribution in [3.8, 4) is 17.0 Å². The highest BCUT2D eigenvalue weighted by Crippen LogP contribution is 2.34. The molecule has 1 unspecified atom stereocenters. The van der Waals surface area contributed by atoms with E-state index in [1.165, 1.54) is 23.8 Å². The van der Waals surface area contributed by atoms with Crippen LogP contribution in [0.15, 0.2) is 48.7 Å². The summed E-state index contributed by atoms with van der Waals surface area (Å²) < 4.78 is 41.7. The topological polar surface area (TPSA) is 58.6 Å². The Morgan fingerprint density at radius 1 is 1.29 bits per heavy atom. The number of carbonyl (C=O) groups excluding carboxylic acids is 1. The molecule has 1 saturated heterocycles. The fraction of sp³-hybridized carbons (Fsp3) is 0.400. The Bertz CT molecular complexity index is 1080. The lowest BCUT2D eigenvalue weighted by Crippen LogP contribution is -2.26. The average molecular weight is 475 g/mol. The molecule has 1 aliphatic rings. The Morgan fingerprint density at radius 3 is 2.56 bits per heavy atom. The maximum atomic E-state index is 12.6. The zero-order valence-corrected chi connectivity index (χ0v) is 19.8. The van der Waals surface area contributed by atoms with Crippen LogP contribution in [0.1, 0.15) is 44.0 Å². The number of carbonyl (C=O) groups is 1. The summed E-state index contributed by atoms with van der Waals surface area (Å²) in [6, 6.07) is 5.65. The molecule has 0 bridgehead atoms. The second-order valence-electron chi connectivity index (χ2n) is 8.37. The first kappa shape index (κ1) is 25.3. The minimum Gasteiger partial charge on any atom is -0.406 e. The zero-order chi connectivity index (χ0) is 25.0. The van der Waals surface area contributed by atoms with Gasteiger partial charge in [-0.2, -0.15) is 0 Å². The second kappa shape index (κ2) is 10.3. The maximum Gasteiger partial charge on any atom is 0.573 e. The van der Waals surface area contributed by atoms with Crippen LogP contribution in [0.4, 0.5) is 19.0 Å². The van der Waals surface area contributed by atoms with Gasteiger partial charge >= 0.3 is 6.36 Å². The number of aromatic nitrogens is 2. The van der Waals surface area contributed by atoms with Gasteiger partial charge in [-0.25, -0.2) is 9.97 Å². The summed E-state index contributed by atoms with van der Waals surface area (Å²) in [5.41, 5.74) is 3.24. The number of hydrogen-bond acceptors (Lipinski definition) is 5. The fourth-order valence-corrected chi connectivity index (χ4v) is 3.93. The summed E-state index contributed by atoms with van der Waals surface area (Å²) in [7, 11) is 1.91. The molecule has 1 aromatic heterocycles. The quantitative estimate of drug-likeness (QED) is 0.489. The summed E-state index contributed by atoms with van der Waals surface area (Å²) >= 11 is 0. The molecule has 1 aliphatic heterocycles. The van der Waals surface area contributed by atoms with Gasteiger partial charge in [-0.05, 0) is 57.0 Å². The third-order valence-electron chi connectivity index (χ3n) is 5.84. The van der Waals surface area contributed by atoms with Gasteiger partial charge in [-0.3, -0.25) is 4.79 Å². The van der Waals surface area contributed by atoms with Crippen molar-refractivity contribution in [1.82, 2.24) is 14.9 Å². The van der Waals surface area contributed by atoms with Gasteiger partial charge in [0, 0.05) is 43.4 Å². The second-order valence-corrected chi connectivity index (χ2v) is 8.37. The van der Waals surface area contributed by atoms with E-state index in [4.69, 9.17) is 9.97 Å². The van der Waals surface area contributed by atoms with Crippen LogP contribution in [-0.4, -0.2) is 47.3 Å². The van der Waals surface area contributed by atoms with Crippen molar-refractivity contribution >= 4 is 11.7 Å². The molecule has 1 fully saturated rings. The first-order valence-electron chi connectivity index (χ1n) is 11.1. The van der Waals surface area contributed by atoms with Gasteiger partial charge in [0.15, 0.2) is 0 Å². The predicted molar refractivity (Wildman–Crippen MR) is 125 cm³/mol. The Kier molecular flexibility index (Phi) is 7.64. The van der Waals surface area contributed by atoms with Crippen molar-refractivity contribution in [2.45, 2.75) is 45.9 Å². The molecule has 1 atom stereocenters. The summed E-state index contributed by atoms with van der Waals surface area (Å²) in [6.07, 6.45) is 0.150. The molecule has 9 heteroatoms. The lowest BCUT2D eigenvalue weighted by Gasteiger charge is -2.22. The molecular weight excluding hydrogens is 445 g/mol. The molecule has 0 saturated carbocycles. The van der Waals surface area contributed by atoms with Crippen molar-refractivity contribution in [1.29, 1.82) is 0 Å². The molecule has 1 aromatic carbocycles. The molecule has 0 radical (unpaired) electrons.